The monoisotopic (exact) mass is 194 g/mol. The molecule has 1 unspecified atom stereocenters. The van der Waals surface area contributed by atoms with E-state index >= 15 is 0 Å². The van der Waals surface area contributed by atoms with Gasteiger partial charge >= 0.3 is 0 Å². The predicted molar refractivity (Wildman–Crippen MR) is 57.1 cm³/mol. The van der Waals surface area contributed by atoms with Crippen LogP contribution in [-0.4, -0.2) is 24.7 Å². The fraction of sp³-hybridized carbons (Fsp3) is 0.545. The second kappa shape index (κ2) is 5.73. The molecule has 78 valence electrons. The summed E-state index contributed by atoms with van der Waals surface area (Å²) >= 11 is 0. The molecule has 0 radical (unpaired) electrons. The minimum Gasteiger partial charge on any atom is -0.380 e. The average Bonchev–Trinajstić information content (AvgIpc) is 2.26. The molecule has 14 heavy (non-hydrogen) atoms. The predicted octanol–water partition coefficient (Wildman–Crippen LogP) is 1.77. The molecule has 0 saturated heterocycles. The van der Waals surface area contributed by atoms with E-state index in [1.807, 2.05) is 19.2 Å². The molecular weight excluding hydrogens is 176 g/mol. The summed E-state index contributed by atoms with van der Waals surface area (Å²) in [6.07, 6.45) is 3.91. The van der Waals surface area contributed by atoms with Crippen LogP contribution in [-0.2, 0) is 4.74 Å². The van der Waals surface area contributed by atoms with Crippen molar-refractivity contribution in [1.82, 2.24) is 10.3 Å². The van der Waals surface area contributed by atoms with Gasteiger partial charge in [-0.1, -0.05) is 6.07 Å². The summed E-state index contributed by atoms with van der Waals surface area (Å²) in [4.78, 5) is 4.08. The number of hydrogen-bond acceptors (Lipinski definition) is 3. The van der Waals surface area contributed by atoms with E-state index in [-0.39, 0.29) is 6.10 Å². The van der Waals surface area contributed by atoms with Crippen molar-refractivity contribution in [3.05, 3.63) is 30.1 Å². The molecule has 1 aromatic heterocycles. The van der Waals surface area contributed by atoms with Crippen LogP contribution in [0.25, 0.3) is 0 Å². The van der Waals surface area contributed by atoms with E-state index in [0.717, 1.165) is 6.54 Å². The molecule has 0 bridgehead atoms. The number of ether oxygens (including phenoxy) is 1. The van der Waals surface area contributed by atoms with Gasteiger partial charge in [-0.15, -0.1) is 0 Å². The van der Waals surface area contributed by atoms with Crippen molar-refractivity contribution in [2.45, 2.75) is 26.0 Å². The summed E-state index contributed by atoms with van der Waals surface area (Å²) < 4.78 is 5.16. The Morgan fingerprint density at radius 3 is 2.86 bits per heavy atom. The van der Waals surface area contributed by atoms with Gasteiger partial charge in [0, 0.05) is 32.1 Å². The van der Waals surface area contributed by atoms with Gasteiger partial charge in [0.25, 0.3) is 0 Å². The van der Waals surface area contributed by atoms with Crippen molar-refractivity contribution in [2.24, 2.45) is 0 Å². The van der Waals surface area contributed by atoms with Crippen LogP contribution in [0.1, 0.15) is 25.5 Å². The highest BCUT2D eigenvalue weighted by Gasteiger charge is 2.06. The average molecular weight is 194 g/mol. The van der Waals surface area contributed by atoms with Crippen molar-refractivity contribution in [3.63, 3.8) is 0 Å². The Hall–Kier alpha value is -0.930. The van der Waals surface area contributed by atoms with Crippen molar-refractivity contribution in [3.8, 4) is 0 Å². The zero-order valence-corrected chi connectivity index (χ0v) is 9.03. The Morgan fingerprint density at radius 2 is 2.29 bits per heavy atom. The van der Waals surface area contributed by atoms with E-state index in [0.29, 0.717) is 6.04 Å². The number of methoxy groups -OCH3 is 1. The van der Waals surface area contributed by atoms with Gasteiger partial charge in [-0.25, -0.2) is 0 Å². The lowest BCUT2D eigenvalue weighted by Crippen LogP contribution is -2.28. The van der Waals surface area contributed by atoms with Crippen molar-refractivity contribution < 1.29 is 4.74 Å². The minimum atomic E-state index is 0.245. The van der Waals surface area contributed by atoms with Crippen LogP contribution in [0.3, 0.4) is 0 Å². The molecule has 1 N–H and O–H groups in total. The quantitative estimate of drug-likeness (QED) is 0.775. The lowest BCUT2D eigenvalue weighted by Gasteiger charge is -2.16. The first-order valence-corrected chi connectivity index (χ1v) is 4.90. The Morgan fingerprint density at radius 1 is 1.50 bits per heavy atom. The molecule has 1 rings (SSSR count). The van der Waals surface area contributed by atoms with Crippen LogP contribution in [0.2, 0.25) is 0 Å². The van der Waals surface area contributed by atoms with Crippen molar-refractivity contribution in [1.29, 1.82) is 0 Å². The molecule has 3 nitrogen and oxygen atoms in total. The maximum absolute atomic E-state index is 5.16. The molecule has 1 aromatic rings. The van der Waals surface area contributed by atoms with Crippen LogP contribution in [0.5, 0.6) is 0 Å². The Labute approximate surface area is 85.5 Å². The SMILES string of the molecule is COC(C)CN[C@H](C)c1cccnc1. The van der Waals surface area contributed by atoms with Crippen molar-refractivity contribution in [2.75, 3.05) is 13.7 Å². The minimum absolute atomic E-state index is 0.245. The maximum atomic E-state index is 5.16. The number of rotatable bonds is 5. The van der Waals surface area contributed by atoms with E-state index in [4.69, 9.17) is 4.74 Å². The molecule has 0 spiro atoms. The zero-order valence-electron chi connectivity index (χ0n) is 9.03. The number of nitrogens with one attached hydrogen (secondary N) is 1. The Kier molecular flexibility index (Phi) is 4.56. The van der Waals surface area contributed by atoms with Crippen LogP contribution >= 0.6 is 0 Å². The molecule has 0 fully saturated rings. The third-order valence-corrected chi connectivity index (χ3v) is 2.30. The first-order chi connectivity index (χ1) is 6.74. The Bertz CT molecular complexity index is 251. The van der Waals surface area contributed by atoms with E-state index in [1.54, 1.807) is 13.3 Å². The molecule has 2 atom stereocenters. The highest BCUT2D eigenvalue weighted by atomic mass is 16.5. The van der Waals surface area contributed by atoms with Gasteiger partial charge in [-0.3, -0.25) is 4.98 Å². The fourth-order valence-corrected chi connectivity index (χ4v) is 1.18. The van der Waals surface area contributed by atoms with E-state index in [9.17, 15) is 0 Å². The third-order valence-electron chi connectivity index (χ3n) is 2.30. The smallest absolute Gasteiger partial charge is 0.0667 e. The first-order valence-electron chi connectivity index (χ1n) is 4.90. The fourth-order valence-electron chi connectivity index (χ4n) is 1.18. The van der Waals surface area contributed by atoms with Gasteiger partial charge in [0.05, 0.1) is 6.10 Å². The molecule has 0 aliphatic carbocycles. The number of pyridine rings is 1. The summed E-state index contributed by atoms with van der Waals surface area (Å²) in [5, 5.41) is 3.38. The maximum Gasteiger partial charge on any atom is 0.0667 e. The molecule has 0 aliphatic heterocycles. The second-order valence-electron chi connectivity index (χ2n) is 3.46. The number of nitrogens with zero attached hydrogens (tertiary/aromatic N) is 1. The zero-order chi connectivity index (χ0) is 10.4. The summed E-state index contributed by atoms with van der Waals surface area (Å²) in [6, 6.07) is 4.34. The highest BCUT2D eigenvalue weighted by molar-refractivity contribution is 5.12. The lowest BCUT2D eigenvalue weighted by molar-refractivity contribution is 0.115. The molecule has 0 saturated carbocycles. The summed E-state index contributed by atoms with van der Waals surface area (Å²) in [6.45, 7) is 5.02. The molecule has 0 aromatic carbocycles. The second-order valence-corrected chi connectivity index (χ2v) is 3.46. The van der Waals surface area contributed by atoms with E-state index in [1.165, 1.54) is 5.56 Å². The lowest BCUT2D eigenvalue weighted by atomic mass is 10.1. The van der Waals surface area contributed by atoms with Crippen molar-refractivity contribution >= 4 is 0 Å². The van der Waals surface area contributed by atoms with Crippen LogP contribution in [0.4, 0.5) is 0 Å². The van der Waals surface area contributed by atoms with Crippen LogP contribution < -0.4 is 5.32 Å². The van der Waals surface area contributed by atoms with Gasteiger partial charge in [0.2, 0.25) is 0 Å². The van der Waals surface area contributed by atoms with Gasteiger partial charge in [-0.05, 0) is 25.5 Å². The number of aromatic nitrogens is 1. The number of hydrogen-bond donors (Lipinski definition) is 1. The molecule has 1 heterocycles. The normalized spacial score (nSPS) is 15.1. The summed E-state index contributed by atoms with van der Waals surface area (Å²) in [7, 11) is 1.72. The Balaban J connectivity index is 2.39. The van der Waals surface area contributed by atoms with Gasteiger partial charge < -0.3 is 10.1 Å². The van der Waals surface area contributed by atoms with Gasteiger partial charge in [-0.2, -0.15) is 0 Å². The first kappa shape index (κ1) is 11.1. The van der Waals surface area contributed by atoms with E-state index in [2.05, 4.69) is 23.3 Å². The topological polar surface area (TPSA) is 34.1 Å². The largest absolute Gasteiger partial charge is 0.380 e. The van der Waals surface area contributed by atoms with E-state index < -0.39 is 0 Å². The molecule has 0 amide bonds. The molecule has 0 aliphatic rings. The molecular formula is C11H18N2O. The molecule has 3 heteroatoms. The standard InChI is InChI=1S/C11H18N2O/c1-9(14-3)7-13-10(2)11-5-4-6-12-8-11/h4-6,8-10,13H,7H2,1-3H3/t9?,10-/m1/s1. The highest BCUT2D eigenvalue weighted by Crippen LogP contribution is 2.09. The van der Waals surface area contributed by atoms with Crippen LogP contribution in [0.15, 0.2) is 24.5 Å². The summed E-state index contributed by atoms with van der Waals surface area (Å²) in [5.74, 6) is 0. The summed E-state index contributed by atoms with van der Waals surface area (Å²) in [5.41, 5.74) is 1.20. The van der Waals surface area contributed by atoms with Gasteiger partial charge in [0.15, 0.2) is 0 Å². The van der Waals surface area contributed by atoms with Crippen LogP contribution in [0, 0.1) is 0 Å². The third kappa shape index (κ3) is 3.44. The van der Waals surface area contributed by atoms with Gasteiger partial charge in [0.1, 0.15) is 0 Å².